The van der Waals surface area contributed by atoms with Crippen LogP contribution in [0.1, 0.15) is 71.1 Å². The van der Waals surface area contributed by atoms with Crippen molar-refractivity contribution in [3.63, 3.8) is 0 Å². The van der Waals surface area contributed by atoms with Gasteiger partial charge in [-0.15, -0.1) is 0 Å². The predicted octanol–water partition coefficient (Wildman–Crippen LogP) is 3.21. The van der Waals surface area contributed by atoms with Crippen LogP contribution in [0.2, 0.25) is 0 Å². The fourth-order valence-electron chi connectivity index (χ4n) is 3.66. The molecule has 2 nitrogen and oxygen atoms in total. The zero-order valence-electron chi connectivity index (χ0n) is 11.6. The van der Waals surface area contributed by atoms with Crippen LogP contribution in [0.4, 0.5) is 0 Å². The SMILES string of the molecule is CC1(NCC2(CN)CCCCCC2)CCCC1. The normalized spacial score (nSPS) is 27.9. The molecule has 0 atom stereocenters. The van der Waals surface area contributed by atoms with Crippen molar-refractivity contribution in [3.05, 3.63) is 0 Å². The highest BCUT2D eigenvalue weighted by Crippen LogP contribution is 2.36. The van der Waals surface area contributed by atoms with E-state index in [1.54, 1.807) is 0 Å². The molecule has 0 aromatic rings. The third-order valence-corrected chi connectivity index (χ3v) is 5.19. The van der Waals surface area contributed by atoms with Crippen molar-refractivity contribution in [1.29, 1.82) is 0 Å². The van der Waals surface area contributed by atoms with Crippen LogP contribution in [-0.2, 0) is 0 Å². The molecule has 2 heteroatoms. The minimum absolute atomic E-state index is 0.405. The Balaban J connectivity index is 1.89. The van der Waals surface area contributed by atoms with Crippen molar-refractivity contribution >= 4 is 0 Å². The average Bonchev–Trinajstić information content (AvgIpc) is 2.65. The highest BCUT2D eigenvalue weighted by Gasteiger charge is 2.34. The first-order valence-corrected chi connectivity index (χ1v) is 7.63. The average molecular weight is 238 g/mol. The molecule has 2 aliphatic carbocycles. The summed E-state index contributed by atoms with van der Waals surface area (Å²) in [6.45, 7) is 4.43. The van der Waals surface area contributed by atoms with Crippen LogP contribution in [-0.4, -0.2) is 18.6 Å². The summed E-state index contributed by atoms with van der Waals surface area (Å²) in [5.41, 5.74) is 6.91. The molecule has 0 aliphatic heterocycles. The molecular weight excluding hydrogens is 208 g/mol. The van der Waals surface area contributed by atoms with Crippen LogP contribution in [0.5, 0.6) is 0 Å². The topological polar surface area (TPSA) is 38.0 Å². The van der Waals surface area contributed by atoms with Crippen LogP contribution in [0, 0.1) is 5.41 Å². The van der Waals surface area contributed by atoms with Crippen molar-refractivity contribution < 1.29 is 0 Å². The van der Waals surface area contributed by atoms with E-state index in [-0.39, 0.29) is 0 Å². The Bertz CT molecular complexity index is 223. The highest BCUT2D eigenvalue weighted by molar-refractivity contribution is 4.92. The monoisotopic (exact) mass is 238 g/mol. The third kappa shape index (κ3) is 3.45. The first-order chi connectivity index (χ1) is 8.18. The van der Waals surface area contributed by atoms with Gasteiger partial charge in [-0.3, -0.25) is 0 Å². The molecule has 0 amide bonds. The van der Waals surface area contributed by atoms with Gasteiger partial charge < -0.3 is 11.1 Å². The van der Waals surface area contributed by atoms with E-state index in [1.807, 2.05) is 0 Å². The van der Waals surface area contributed by atoms with Crippen molar-refractivity contribution in [2.75, 3.05) is 13.1 Å². The minimum atomic E-state index is 0.405. The molecule has 2 saturated carbocycles. The summed E-state index contributed by atoms with van der Waals surface area (Å²) in [7, 11) is 0. The Morgan fingerprint density at radius 2 is 1.41 bits per heavy atom. The van der Waals surface area contributed by atoms with Gasteiger partial charge in [-0.25, -0.2) is 0 Å². The molecule has 0 saturated heterocycles. The molecule has 3 N–H and O–H groups in total. The summed E-state index contributed by atoms with van der Waals surface area (Å²) in [5, 5.41) is 3.87. The standard InChI is InChI=1S/C15H30N2/c1-14(8-6-7-9-14)17-13-15(12-16)10-4-2-3-5-11-15/h17H,2-13,16H2,1H3. The van der Waals surface area contributed by atoms with E-state index in [0.29, 0.717) is 11.0 Å². The smallest absolute Gasteiger partial charge is 0.0153 e. The lowest BCUT2D eigenvalue weighted by Crippen LogP contribution is -2.48. The number of rotatable bonds is 4. The van der Waals surface area contributed by atoms with Gasteiger partial charge in [0.25, 0.3) is 0 Å². The first-order valence-electron chi connectivity index (χ1n) is 7.63. The Kier molecular flexibility index (Phi) is 4.48. The Hall–Kier alpha value is -0.0800. The van der Waals surface area contributed by atoms with Gasteiger partial charge in [-0.05, 0) is 44.6 Å². The molecule has 0 aromatic heterocycles. The van der Waals surface area contributed by atoms with Crippen molar-refractivity contribution in [2.24, 2.45) is 11.1 Å². The summed E-state index contributed by atoms with van der Waals surface area (Å²) in [5.74, 6) is 0. The second kappa shape index (κ2) is 5.71. The number of hydrogen-bond acceptors (Lipinski definition) is 2. The maximum Gasteiger partial charge on any atom is 0.0153 e. The molecule has 0 radical (unpaired) electrons. The lowest BCUT2D eigenvalue weighted by Gasteiger charge is -2.36. The summed E-state index contributed by atoms with van der Waals surface area (Å²) in [6.07, 6.45) is 13.8. The third-order valence-electron chi connectivity index (χ3n) is 5.19. The van der Waals surface area contributed by atoms with Crippen LogP contribution in [0.25, 0.3) is 0 Å². The predicted molar refractivity (Wildman–Crippen MR) is 74.1 cm³/mol. The zero-order valence-corrected chi connectivity index (χ0v) is 11.6. The van der Waals surface area contributed by atoms with Gasteiger partial charge in [0.2, 0.25) is 0 Å². The van der Waals surface area contributed by atoms with Crippen LogP contribution in [0.3, 0.4) is 0 Å². The molecule has 100 valence electrons. The van der Waals surface area contributed by atoms with E-state index in [9.17, 15) is 0 Å². The molecular formula is C15H30N2. The number of hydrogen-bond donors (Lipinski definition) is 2. The second-order valence-corrected chi connectivity index (χ2v) is 6.74. The molecule has 0 bridgehead atoms. The minimum Gasteiger partial charge on any atom is -0.330 e. The van der Waals surface area contributed by atoms with Crippen molar-refractivity contribution in [2.45, 2.75) is 76.7 Å². The maximum atomic E-state index is 6.10. The first kappa shape index (κ1) is 13.4. The van der Waals surface area contributed by atoms with Crippen LogP contribution >= 0.6 is 0 Å². The van der Waals surface area contributed by atoms with Gasteiger partial charge >= 0.3 is 0 Å². The molecule has 2 rings (SSSR count). The molecule has 2 aliphatic rings. The van der Waals surface area contributed by atoms with E-state index in [2.05, 4.69) is 12.2 Å². The van der Waals surface area contributed by atoms with Gasteiger partial charge in [-0.2, -0.15) is 0 Å². The second-order valence-electron chi connectivity index (χ2n) is 6.74. The molecule has 0 aromatic carbocycles. The Morgan fingerprint density at radius 3 is 1.94 bits per heavy atom. The van der Waals surface area contributed by atoms with E-state index < -0.39 is 0 Å². The lowest BCUT2D eigenvalue weighted by atomic mass is 9.79. The highest BCUT2D eigenvalue weighted by atomic mass is 15.0. The molecule has 17 heavy (non-hydrogen) atoms. The molecule has 0 spiro atoms. The molecule has 2 fully saturated rings. The maximum absolute atomic E-state index is 6.10. The van der Waals surface area contributed by atoms with Crippen LogP contribution in [0.15, 0.2) is 0 Å². The van der Waals surface area contributed by atoms with Gasteiger partial charge in [0.05, 0.1) is 0 Å². The lowest BCUT2D eigenvalue weighted by molar-refractivity contribution is 0.207. The van der Waals surface area contributed by atoms with Crippen LogP contribution < -0.4 is 11.1 Å². The summed E-state index contributed by atoms with van der Waals surface area (Å²) >= 11 is 0. The molecule has 0 heterocycles. The largest absolute Gasteiger partial charge is 0.330 e. The van der Waals surface area contributed by atoms with E-state index in [0.717, 1.165) is 13.1 Å². The number of nitrogens with one attached hydrogen (secondary N) is 1. The Labute approximate surface area is 107 Å². The van der Waals surface area contributed by atoms with Gasteiger partial charge in [-0.1, -0.05) is 38.5 Å². The van der Waals surface area contributed by atoms with Gasteiger partial charge in [0, 0.05) is 12.1 Å². The summed E-state index contributed by atoms with van der Waals surface area (Å²) in [4.78, 5) is 0. The number of nitrogens with two attached hydrogens (primary N) is 1. The van der Waals surface area contributed by atoms with Gasteiger partial charge in [0.15, 0.2) is 0 Å². The Morgan fingerprint density at radius 1 is 0.882 bits per heavy atom. The quantitative estimate of drug-likeness (QED) is 0.738. The summed E-state index contributed by atoms with van der Waals surface area (Å²) < 4.78 is 0. The summed E-state index contributed by atoms with van der Waals surface area (Å²) in [6, 6.07) is 0. The van der Waals surface area contributed by atoms with Gasteiger partial charge in [0.1, 0.15) is 0 Å². The van der Waals surface area contributed by atoms with E-state index in [4.69, 9.17) is 5.73 Å². The van der Waals surface area contributed by atoms with Crippen molar-refractivity contribution in [1.82, 2.24) is 5.32 Å². The van der Waals surface area contributed by atoms with Crippen molar-refractivity contribution in [3.8, 4) is 0 Å². The molecule has 0 unspecified atom stereocenters. The van der Waals surface area contributed by atoms with E-state index >= 15 is 0 Å². The fraction of sp³-hybridized carbons (Fsp3) is 1.00. The van der Waals surface area contributed by atoms with E-state index in [1.165, 1.54) is 64.2 Å². The zero-order chi connectivity index (χ0) is 12.2. The fourth-order valence-corrected chi connectivity index (χ4v) is 3.66.